The molecule has 0 atom stereocenters. The summed E-state index contributed by atoms with van der Waals surface area (Å²) in [6.45, 7) is 2.58. The predicted octanol–water partition coefficient (Wildman–Crippen LogP) is 4.34. The van der Waals surface area contributed by atoms with E-state index >= 15 is 0 Å². The summed E-state index contributed by atoms with van der Waals surface area (Å²) in [5, 5.41) is 0.300. The highest BCUT2D eigenvalue weighted by atomic mass is 35.5. The van der Waals surface area contributed by atoms with Crippen LogP contribution >= 0.6 is 11.6 Å². The molecule has 1 aliphatic rings. The van der Waals surface area contributed by atoms with Gasteiger partial charge in [0.1, 0.15) is 10.6 Å². The van der Waals surface area contributed by atoms with Gasteiger partial charge in [0, 0.05) is 29.4 Å². The molecule has 0 saturated carbocycles. The van der Waals surface area contributed by atoms with Gasteiger partial charge in [0.25, 0.3) is 5.91 Å². The minimum Gasteiger partial charge on any atom is -0.495 e. The minimum atomic E-state index is -3.86. The largest absolute Gasteiger partial charge is 0.495 e. The third-order valence-corrected chi connectivity index (χ3v) is 7.20. The van der Waals surface area contributed by atoms with E-state index in [1.807, 2.05) is 49.4 Å². The van der Waals surface area contributed by atoms with Gasteiger partial charge in [-0.2, -0.15) is 0 Å². The molecule has 0 aliphatic carbocycles. The van der Waals surface area contributed by atoms with Crippen molar-refractivity contribution in [3.05, 3.63) is 87.9 Å². The van der Waals surface area contributed by atoms with E-state index in [0.29, 0.717) is 17.1 Å². The molecule has 8 heteroatoms. The van der Waals surface area contributed by atoms with Crippen molar-refractivity contribution in [3.63, 3.8) is 0 Å². The van der Waals surface area contributed by atoms with E-state index in [9.17, 15) is 13.2 Å². The van der Waals surface area contributed by atoms with Crippen molar-refractivity contribution in [1.29, 1.82) is 0 Å². The summed E-state index contributed by atoms with van der Waals surface area (Å²) in [4.78, 5) is 14.9. The number of benzene rings is 3. The van der Waals surface area contributed by atoms with Crippen LogP contribution in [0.25, 0.3) is 0 Å². The van der Waals surface area contributed by atoms with Gasteiger partial charge in [-0.15, -0.1) is 0 Å². The molecule has 0 bridgehead atoms. The van der Waals surface area contributed by atoms with Crippen molar-refractivity contribution in [2.45, 2.75) is 24.8 Å². The third kappa shape index (κ3) is 4.37. The maximum absolute atomic E-state index is 13.1. The normalized spacial score (nSPS) is 13.2. The number of fused-ring (bicyclic) bond motifs is 1. The van der Waals surface area contributed by atoms with Crippen molar-refractivity contribution in [1.82, 2.24) is 4.72 Å². The van der Waals surface area contributed by atoms with Crippen LogP contribution in [0.5, 0.6) is 5.75 Å². The lowest BCUT2D eigenvalue weighted by Crippen LogP contribution is -2.29. The van der Waals surface area contributed by atoms with Gasteiger partial charge in [0.15, 0.2) is 0 Å². The fourth-order valence-electron chi connectivity index (χ4n) is 3.82. The smallest absolute Gasteiger partial charge is 0.258 e. The molecule has 1 amide bonds. The zero-order valence-electron chi connectivity index (χ0n) is 17.8. The van der Waals surface area contributed by atoms with Crippen LogP contribution < -0.4 is 14.4 Å². The Labute approximate surface area is 192 Å². The number of anilines is 1. The van der Waals surface area contributed by atoms with Gasteiger partial charge >= 0.3 is 0 Å². The average Bonchev–Trinajstić information content (AvgIpc) is 3.21. The number of methoxy groups -OCH3 is 1. The molecule has 1 heterocycles. The van der Waals surface area contributed by atoms with Crippen LogP contribution in [0.1, 0.15) is 27.0 Å². The number of carbonyl (C=O) groups excluding carboxylic acids is 1. The van der Waals surface area contributed by atoms with Gasteiger partial charge in [0.2, 0.25) is 10.0 Å². The number of ether oxygens (including phenoxy) is 1. The molecule has 6 nitrogen and oxygen atoms in total. The minimum absolute atomic E-state index is 0.0231. The summed E-state index contributed by atoms with van der Waals surface area (Å²) in [6, 6.07) is 17.6. The Morgan fingerprint density at radius 2 is 1.91 bits per heavy atom. The van der Waals surface area contributed by atoms with Crippen LogP contribution in [-0.2, 0) is 23.0 Å². The van der Waals surface area contributed by atoms with Crippen LogP contribution in [0.3, 0.4) is 0 Å². The maximum Gasteiger partial charge on any atom is 0.258 e. The number of nitrogens with one attached hydrogen (secondary N) is 1. The fourth-order valence-corrected chi connectivity index (χ4v) is 5.27. The number of hydrogen-bond donors (Lipinski definition) is 1. The van der Waals surface area contributed by atoms with Crippen LogP contribution in [-0.4, -0.2) is 28.0 Å². The van der Waals surface area contributed by atoms with Crippen molar-refractivity contribution in [2.75, 3.05) is 18.6 Å². The summed E-state index contributed by atoms with van der Waals surface area (Å²) < 4.78 is 33.5. The number of rotatable bonds is 6. The molecule has 0 fully saturated rings. The third-order valence-electron chi connectivity index (χ3n) is 5.55. The zero-order valence-corrected chi connectivity index (χ0v) is 19.3. The first-order valence-corrected chi connectivity index (χ1v) is 12.0. The van der Waals surface area contributed by atoms with E-state index in [2.05, 4.69) is 4.72 Å². The second kappa shape index (κ2) is 8.94. The highest BCUT2D eigenvalue weighted by Gasteiger charge is 2.27. The highest BCUT2D eigenvalue weighted by Crippen LogP contribution is 2.31. The Hall–Kier alpha value is -2.87. The second-order valence-corrected chi connectivity index (χ2v) is 9.78. The molecule has 3 aromatic carbocycles. The Balaban J connectivity index is 1.56. The van der Waals surface area contributed by atoms with E-state index in [0.717, 1.165) is 28.8 Å². The van der Waals surface area contributed by atoms with Crippen LogP contribution in [0.2, 0.25) is 5.02 Å². The zero-order chi connectivity index (χ0) is 22.9. The van der Waals surface area contributed by atoms with E-state index < -0.39 is 10.0 Å². The number of carbonyl (C=O) groups is 1. The number of amides is 1. The van der Waals surface area contributed by atoms with Crippen molar-refractivity contribution >= 4 is 33.2 Å². The van der Waals surface area contributed by atoms with E-state index in [4.69, 9.17) is 16.3 Å². The number of halogens is 1. The fraction of sp³-hybridized carbons (Fsp3) is 0.208. The second-order valence-electron chi connectivity index (χ2n) is 7.60. The lowest BCUT2D eigenvalue weighted by Gasteiger charge is -2.19. The molecule has 3 aromatic rings. The molecule has 0 spiro atoms. The summed E-state index contributed by atoms with van der Waals surface area (Å²) in [5.74, 6) is 0.161. The first-order valence-electron chi connectivity index (χ1n) is 10.1. The topological polar surface area (TPSA) is 75.7 Å². The molecule has 32 heavy (non-hydrogen) atoms. The summed E-state index contributed by atoms with van der Waals surface area (Å²) in [5.41, 5.74) is 4.22. The van der Waals surface area contributed by atoms with Crippen LogP contribution in [0, 0.1) is 6.92 Å². The maximum atomic E-state index is 13.1. The molecule has 166 valence electrons. The van der Waals surface area contributed by atoms with E-state index in [1.165, 1.54) is 19.2 Å². The first kappa shape index (κ1) is 22.3. The molecule has 4 rings (SSSR count). The number of hydrogen-bond acceptors (Lipinski definition) is 4. The van der Waals surface area contributed by atoms with E-state index in [-0.39, 0.29) is 23.1 Å². The standard InChI is InChI=1S/C24H23ClN2O4S/c1-16-5-3-4-6-20(16)24(28)27-12-11-18-8-7-17(13-21(18)27)15-26-32(29,30)23-14-19(25)9-10-22(23)31-2/h3-10,13-14,26H,11-12,15H2,1-2H3. The summed E-state index contributed by atoms with van der Waals surface area (Å²) in [7, 11) is -2.45. The quantitative estimate of drug-likeness (QED) is 0.581. The number of aryl methyl sites for hydroxylation is 1. The number of nitrogens with zero attached hydrogens (tertiary/aromatic N) is 1. The van der Waals surface area contributed by atoms with Crippen molar-refractivity contribution < 1.29 is 17.9 Å². The molecular formula is C24H23ClN2O4S. The SMILES string of the molecule is COc1ccc(Cl)cc1S(=O)(=O)NCc1ccc2c(c1)N(C(=O)c1ccccc1C)CC2. The molecule has 0 unspecified atom stereocenters. The van der Waals surface area contributed by atoms with Gasteiger partial charge < -0.3 is 9.64 Å². The van der Waals surface area contributed by atoms with Crippen molar-refractivity contribution in [3.8, 4) is 5.75 Å². The molecule has 1 N–H and O–H groups in total. The van der Waals surface area contributed by atoms with Crippen molar-refractivity contribution in [2.24, 2.45) is 0 Å². The Kier molecular flexibility index (Phi) is 6.24. The van der Waals surface area contributed by atoms with Gasteiger partial charge in [-0.1, -0.05) is 41.9 Å². The monoisotopic (exact) mass is 470 g/mol. The first-order chi connectivity index (χ1) is 15.3. The molecular weight excluding hydrogens is 448 g/mol. The van der Waals surface area contributed by atoms with Gasteiger partial charge in [-0.25, -0.2) is 13.1 Å². The molecule has 0 aromatic heterocycles. The molecule has 1 aliphatic heterocycles. The highest BCUT2D eigenvalue weighted by molar-refractivity contribution is 7.89. The van der Waals surface area contributed by atoms with Gasteiger partial charge in [-0.05, 0) is 60.4 Å². The van der Waals surface area contributed by atoms with Gasteiger partial charge in [0.05, 0.1) is 7.11 Å². The molecule has 0 saturated heterocycles. The Bertz CT molecular complexity index is 1290. The van der Waals surface area contributed by atoms with Gasteiger partial charge in [-0.3, -0.25) is 4.79 Å². The Morgan fingerprint density at radius 3 is 2.66 bits per heavy atom. The predicted molar refractivity (Wildman–Crippen MR) is 125 cm³/mol. The van der Waals surface area contributed by atoms with Crippen LogP contribution in [0.4, 0.5) is 5.69 Å². The lowest BCUT2D eigenvalue weighted by molar-refractivity contribution is 0.0989. The molecule has 0 radical (unpaired) electrons. The summed E-state index contributed by atoms with van der Waals surface area (Å²) in [6.07, 6.45) is 0.763. The number of sulfonamides is 1. The van der Waals surface area contributed by atoms with E-state index in [1.54, 1.807) is 11.0 Å². The summed E-state index contributed by atoms with van der Waals surface area (Å²) >= 11 is 5.98. The van der Waals surface area contributed by atoms with Crippen LogP contribution in [0.15, 0.2) is 65.6 Å². The Morgan fingerprint density at radius 1 is 1.12 bits per heavy atom. The average molecular weight is 471 g/mol. The lowest BCUT2D eigenvalue weighted by atomic mass is 10.1.